The summed E-state index contributed by atoms with van der Waals surface area (Å²) in [6.07, 6.45) is 0. The average molecular weight is 346 g/mol. The van der Waals surface area contributed by atoms with Gasteiger partial charge in [-0.25, -0.2) is 4.98 Å². The Hall–Kier alpha value is -2.01. The van der Waals surface area contributed by atoms with Gasteiger partial charge in [-0.2, -0.15) is 0 Å². The van der Waals surface area contributed by atoms with Gasteiger partial charge in [-0.3, -0.25) is 4.57 Å². The van der Waals surface area contributed by atoms with Crippen molar-refractivity contribution in [2.24, 2.45) is 0 Å². The molecule has 0 atom stereocenters. The molecular formula is C16H16BrN3O. The van der Waals surface area contributed by atoms with Crippen LogP contribution in [0.1, 0.15) is 11.1 Å². The molecule has 0 saturated heterocycles. The molecule has 1 aromatic heterocycles. The number of hydrogen-bond donors (Lipinski definition) is 1. The minimum Gasteiger partial charge on any atom is -0.497 e. The van der Waals surface area contributed by atoms with Crippen molar-refractivity contribution in [2.45, 2.75) is 13.8 Å². The molecule has 2 aromatic carbocycles. The van der Waals surface area contributed by atoms with Crippen molar-refractivity contribution in [1.29, 1.82) is 0 Å². The van der Waals surface area contributed by atoms with Crippen molar-refractivity contribution in [3.63, 3.8) is 0 Å². The highest BCUT2D eigenvalue weighted by Gasteiger charge is 2.12. The van der Waals surface area contributed by atoms with Crippen molar-refractivity contribution >= 4 is 32.9 Å². The van der Waals surface area contributed by atoms with E-state index in [1.165, 1.54) is 11.1 Å². The number of fused-ring (bicyclic) bond motifs is 1. The lowest BCUT2D eigenvalue weighted by Gasteiger charge is -2.11. The van der Waals surface area contributed by atoms with Gasteiger partial charge in [-0.15, -0.1) is 0 Å². The number of nitrogens with zero attached hydrogens (tertiary/aromatic N) is 2. The lowest BCUT2D eigenvalue weighted by molar-refractivity contribution is 0.415. The second-order valence-electron chi connectivity index (χ2n) is 5.05. The first kappa shape index (κ1) is 13.9. The lowest BCUT2D eigenvalue weighted by Crippen LogP contribution is -2.01. The SMILES string of the molecule is COc1ccc2c(c1)nc(N)n2-c1cc(C)c(Br)c(C)c1. The lowest BCUT2D eigenvalue weighted by atomic mass is 10.1. The van der Waals surface area contributed by atoms with E-state index in [-0.39, 0.29) is 0 Å². The summed E-state index contributed by atoms with van der Waals surface area (Å²) in [5.41, 5.74) is 11.3. The summed E-state index contributed by atoms with van der Waals surface area (Å²) in [6.45, 7) is 4.14. The van der Waals surface area contributed by atoms with Crippen LogP contribution in [-0.4, -0.2) is 16.7 Å². The number of hydrogen-bond acceptors (Lipinski definition) is 3. The number of aryl methyl sites for hydroxylation is 2. The Labute approximate surface area is 131 Å². The van der Waals surface area contributed by atoms with E-state index in [2.05, 4.69) is 46.9 Å². The molecule has 3 rings (SSSR count). The van der Waals surface area contributed by atoms with Gasteiger partial charge in [0.25, 0.3) is 0 Å². The summed E-state index contributed by atoms with van der Waals surface area (Å²) in [5, 5.41) is 0. The number of anilines is 1. The maximum atomic E-state index is 6.11. The van der Waals surface area contributed by atoms with E-state index >= 15 is 0 Å². The molecule has 0 aliphatic heterocycles. The summed E-state index contributed by atoms with van der Waals surface area (Å²) < 4.78 is 8.32. The molecule has 0 aliphatic rings. The molecule has 0 aliphatic carbocycles. The maximum absolute atomic E-state index is 6.11. The summed E-state index contributed by atoms with van der Waals surface area (Å²) in [7, 11) is 1.64. The molecule has 21 heavy (non-hydrogen) atoms. The number of nitrogens with two attached hydrogens (primary N) is 1. The fraction of sp³-hybridized carbons (Fsp3) is 0.188. The van der Waals surface area contributed by atoms with Crippen LogP contribution in [0.4, 0.5) is 5.95 Å². The number of aromatic nitrogens is 2. The Balaban J connectivity index is 2.27. The molecule has 0 amide bonds. The van der Waals surface area contributed by atoms with E-state index in [1.807, 2.05) is 22.8 Å². The molecule has 1 heterocycles. The van der Waals surface area contributed by atoms with E-state index < -0.39 is 0 Å². The Bertz CT molecular complexity index is 816. The van der Waals surface area contributed by atoms with E-state index in [4.69, 9.17) is 10.5 Å². The van der Waals surface area contributed by atoms with Crippen LogP contribution < -0.4 is 10.5 Å². The third-order valence-electron chi connectivity index (χ3n) is 3.57. The Morgan fingerprint density at radius 1 is 1.14 bits per heavy atom. The minimum absolute atomic E-state index is 0.472. The van der Waals surface area contributed by atoms with E-state index in [9.17, 15) is 0 Å². The van der Waals surface area contributed by atoms with Crippen LogP contribution in [0.3, 0.4) is 0 Å². The highest BCUT2D eigenvalue weighted by molar-refractivity contribution is 9.10. The fourth-order valence-corrected chi connectivity index (χ4v) is 2.76. The normalized spacial score (nSPS) is 11.0. The Kier molecular flexibility index (Phi) is 3.37. The van der Waals surface area contributed by atoms with Crippen molar-refractivity contribution in [2.75, 3.05) is 12.8 Å². The van der Waals surface area contributed by atoms with Crippen molar-refractivity contribution in [1.82, 2.24) is 9.55 Å². The third kappa shape index (κ3) is 2.27. The van der Waals surface area contributed by atoms with Gasteiger partial charge in [-0.05, 0) is 49.2 Å². The minimum atomic E-state index is 0.472. The van der Waals surface area contributed by atoms with Gasteiger partial charge in [-0.1, -0.05) is 15.9 Å². The number of methoxy groups -OCH3 is 1. The highest BCUT2D eigenvalue weighted by atomic mass is 79.9. The van der Waals surface area contributed by atoms with Crippen molar-refractivity contribution in [3.8, 4) is 11.4 Å². The number of ether oxygens (including phenoxy) is 1. The number of nitrogen functional groups attached to an aromatic ring is 1. The standard InChI is InChI=1S/C16H16BrN3O/c1-9-6-11(7-10(2)15(9)17)20-14-5-4-12(21-3)8-13(14)19-16(20)18/h4-8H,1-3H3,(H2,18,19). The number of rotatable bonds is 2. The smallest absolute Gasteiger partial charge is 0.205 e. The zero-order chi connectivity index (χ0) is 15.1. The van der Waals surface area contributed by atoms with Gasteiger partial charge < -0.3 is 10.5 Å². The van der Waals surface area contributed by atoms with Crippen LogP contribution in [0.2, 0.25) is 0 Å². The third-order valence-corrected chi connectivity index (χ3v) is 4.82. The Morgan fingerprint density at radius 2 is 1.81 bits per heavy atom. The first-order valence-electron chi connectivity index (χ1n) is 6.60. The maximum Gasteiger partial charge on any atom is 0.205 e. The van der Waals surface area contributed by atoms with Crippen LogP contribution >= 0.6 is 15.9 Å². The molecule has 3 aromatic rings. The average Bonchev–Trinajstić information content (AvgIpc) is 2.78. The first-order chi connectivity index (χ1) is 10.0. The summed E-state index contributed by atoms with van der Waals surface area (Å²) in [6, 6.07) is 9.97. The molecule has 4 nitrogen and oxygen atoms in total. The number of benzene rings is 2. The molecule has 5 heteroatoms. The van der Waals surface area contributed by atoms with Crippen molar-refractivity contribution < 1.29 is 4.74 Å². The molecule has 0 saturated carbocycles. The second-order valence-corrected chi connectivity index (χ2v) is 5.85. The summed E-state index contributed by atoms with van der Waals surface area (Å²) in [4.78, 5) is 4.43. The van der Waals surface area contributed by atoms with Crippen LogP contribution in [-0.2, 0) is 0 Å². The van der Waals surface area contributed by atoms with Gasteiger partial charge >= 0.3 is 0 Å². The topological polar surface area (TPSA) is 53.1 Å². The predicted molar refractivity (Wildman–Crippen MR) is 89.2 cm³/mol. The van der Waals surface area contributed by atoms with Crippen molar-refractivity contribution in [3.05, 3.63) is 45.9 Å². The zero-order valence-corrected chi connectivity index (χ0v) is 13.7. The molecule has 0 bridgehead atoms. The monoisotopic (exact) mass is 345 g/mol. The van der Waals surface area contributed by atoms with Gasteiger partial charge in [0, 0.05) is 16.2 Å². The van der Waals surface area contributed by atoms with Gasteiger partial charge in [0.05, 0.1) is 18.1 Å². The largest absolute Gasteiger partial charge is 0.497 e. The molecule has 108 valence electrons. The van der Waals surface area contributed by atoms with Crippen LogP contribution in [0.5, 0.6) is 5.75 Å². The predicted octanol–water partition coefficient (Wildman–Crippen LogP) is 4.00. The van der Waals surface area contributed by atoms with Gasteiger partial charge in [0.1, 0.15) is 5.75 Å². The molecule has 0 spiro atoms. The second kappa shape index (κ2) is 5.07. The molecular weight excluding hydrogens is 330 g/mol. The molecule has 0 fully saturated rings. The van der Waals surface area contributed by atoms with Gasteiger partial charge in [0.15, 0.2) is 0 Å². The summed E-state index contributed by atoms with van der Waals surface area (Å²) in [5.74, 6) is 1.25. The summed E-state index contributed by atoms with van der Waals surface area (Å²) >= 11 is 3.59. The fourth-order valence-electron chi connectivity index (χ4n) is 2.53. The highest BCUT2D eigenvalue weighted by Crippen LogP contribution is 2.30. The van der Waals surface area contributed by atoms with Crippen LogP contribution in [0.25, 0.3) is 16.7 Å². The quantitative estimate of drug-likeness (QED) is 0.763. The van der Waals surface area contributed by atoms with Crippen LogP contribution in [0.15, 0.2) is 34.8 Å². The Morgan fingerprint density at radius 3 is 2.43 bits per heavy atom. The molecule has 2 N–H and O–H groups in total. The first-order valence-corrected chi connectivity index (χ1v) is 7.39. The van der Waals surface area contributed by atoms with E-state index in [0.29, 0.717) is 5.95 Å². The van der Waals surface area contributed by atoms with E-state index in [0.717, 1.165) is 26.9 Å². The zero-order valence-electron chi connectivity index (χ0n) is 12.1. The van der Waals surface area contributed by atoms with E-state index in [1.54, 1.807) is 7.11 Å². The number of imidazole rings is 1. The molecule has 0 unspecified atom stereocenters. The number of halogens is 1. The van der Waals surface area contributed by atoms with Crippen LogP contribution in [0, 0.1) is 13.8 Å². The molecule has 0 radical (unpaired) electrons. The van der Waals surface area contributed by atoms with Gasteiger partial charge in [0.2, 0.25) is 5.95 Å².